The molecule has 5 nitrogen and oxygen atoms in total. The summed E-state index contributed by atoms with van der Waals surface area (Å²) >= 11 is 0. The van der Waals surface area contributed by atoms with Crippen molar-refractivity contribution >= 4 is 11.8 Å². The van der Waals surface area contributed by atoms with Crippen LogP contribution in [0.5, 0.6) is 0 Å². The summed E-state index contributed by atoms with van der Waals surface area (Å²) in [6.07, 6.45) is 4.67. The zero-order valence-corrected chi connectivity index (χ0v) is 13.7. The maximum Gasteiger partial charge on any atom is 0.227 e. The van der Waals surface area contributed by atoms with E-state index < -0.39 is 0 Å². The highest BCUT2D eigenvalue weighted by molar-refractivity contribution is 5.79. The van der Waals surface area contributed by atoms with E-state index in [0.29, 0.717) is 25.9 Å². The van der Waals surface area contributed by atoms with Crippen LogP contribution in [0.3, 0.4) is 0 Å². The number of hydrogen-bond acceptors (Lipinski definition) is 3. The lowest BCUT2D eigenvalue weighted by molar-refractivity contribution is -0.130. The molecule has 1 atom stereocenters. The molecule has 5 heteroatoms. The number of likely N-dealkylation sites (tertiary alicyclic amines) is 1. The molecule has 2 amide bonds. The van der Waals surface area contributed by atoms with Crippen molar-refractivity contribution in [2.45, 2.75) is 44.6 Å². The summed E-state index contributed by atoms with van der Waals surface area (Å²) in [6.45, 7) is 2.03. The highest BCUT2D eigenvalue weighted by Gasteiger charge is 2.26. The zero-order chi connectivity index (χ0) is 16.5. The van der Waals surface area contributed by atoms with Gasteiger partial charge in [0.05, 0.1) is 6.42 Å². The van der Waals surface area contributed by atoms with Crippen molar-refractivity contribution in [3.05, 3.63) is 35.9 Å². The van der Waals surface area contributed by atoms with E-state index in [-0.39, 0.29) is 17.9 Å². The molecule has 126 valence electrons. The Morgan fingerprint density at radius 1 is 1.17 bits per heavy atom. The minimum absolute atomic E-state index is 0.0874. The highest BCUT2D eigenvalue weighted by Crippen LogP contribution is 2.12. The maximum absolute atomic E-state index is 12.3. The first kappa shape index (κ1) is 17.5. The van der Waals surface area contributed by atoms with Gasteiger partial charge in [0, 0.05) is 25.6 Å². The second-order valence-corrected chi connectivity index (χ2v) is 6.15. The Bertz CT molecular complexity index is 504. The van der Waals surface area contributed by atoms with Crippen LogP contribution >= 0.6 is 0 Å². The number of carbonyl (C=O) groups excluding carboxylic acids is 2. The number of amides is 2. The standard InChI is InChI=1S/C18H27N3O2/c19-11-6-2-5-9-17(22)20-16-10-12-21(14-16)18(23)13-15-7-3-1-4-8-15/h1,3-4,7-8,16H,2,5-6,9-14,19H2,(H,20,22). The molecular formula is C18H27N3O2. The number of unbranched alkanes of at least 4 members (excludes halogenated alkanes) is 2. The summed E-state index contributed by atoms with van der Waals surface area (Å²) in [5.41, 5.74) is 6.47. The van der Waals surface area contributed by atoms with Gasteiger partial charge in [0.15, 0.2) is 0 Å². The van der Waals surface area contributed by atoms with Crippen molar-refractivity contribution in [3.63, 3.8) is 0 Å². The van der Waals surface area contributed by atoms with Crippen molar-refractivity contribution in [3.8, 4) is 0 Å². The number of benzene rings is 1. The van der Waals surface area contributed by atoms with Gasteiger partial charge in [0.25, 0.3) is 0 Å². The van der Waals surface area contributed by atoms with Crippen LogP contribution in [-0.2, 0) is 16.0 Å². The molecular weight excluding hydrogens is 290 g/mol. The highest BCUT2D eigenvalue weighted by atomic mass is 16.2. The molecule has 0 aromatic heterocycles. The molecule has 2 rings (SSSR count). The van der Waals surface area contributed by atoms with Gasteiger partial charge in [-0.25, -0.2) is 0 Å². The molecule has 1 heterocycles. The van der Waals surface area contributed by atoms with Crippen molar-refractivity contribution < 1.29 is 9.59 Å². The number of nitrogens with two attached hydrogens (primary N) is 1. The lowest BCUT2D eigenvalue weighted by Crippen LogP contribution is -2.38. The van der Waals surface area contributed by atoms with Crippen LogP contribution in [-0.4, -0.2) is 42.4 Å². The second-order valence-electron chi connectivity index (χ2n) is 6.15. The molecule has 0 saturated carbocycles. The number of nitrogens with zero attached hydrogens (tertiary/aromatic N) is 1. The Kier molecular flexibility index (Phi) is 7.07. The quantitative estimate of drug-likeness (QED) is 0.713. The van der Waals surface area contributed by atoms with Crippen LogP contribution in [0.15, 0.2) is 30.3 Å². The summed E-state index contributed by atoms with van der Waals surface area (Å²) in [6, 6.07) is 9.86. The molecule has 23 heavy (non-hydrogen) atoms. The molecule has 0 radical (unpaired) electrons. The molecule has 0 bridgehead atoms. The summed E-state index contributed by atoms with van der Waals surface area (Å²) in [7, 11) is 0. The number of rotatable bonds is 8. The average Bonchev–Trinajstić information content (AvgIpc) is 3.01. The van der Waals surface area contributed by atoms with Gasteiger partial charge in [0.1, 0.15) is 0 Å². The van der Waals surface area contributed by atoms with Gasteiger partial charge >= 0.3 is 0 Å². The van der Waals surface area contributed by atoms with Crippen LogP contribution in [0.2, 0.25) is 0 Å². The van der Waals surface area contributed by atoms with E-state index in [2.05, 4.69) is 5.32 Å². The minimum Gasteiger partial charge on any atom is -0.352 e. The van der Waals surface area contributed by atoms with E-state index in [1.165, 1.54) is 0 Å². The smallest absolute Gasteiger partial charge is 0.227 e. The van der Waals surface area contributed by atoms with Gasteiger partial charge in [-0.15, -0.1) is 0 Å². The average molecular weight is 317 g/mol. The van der Waals surface area contributed by atoms with Crippen molar-refractivity contribution in [2.24, 2.45) is 5.73 Å². The Hall–Kier alpha value is -1.88. The topological polar surface area (TPSA) is 75.4 Å². The van der Waals surface area contributed by atoms with E-state index in [0.717, 1.165) is 37.8 Å². The molecule has 3 N–H and O–H groups in total. The molecule has 0 aliphatic carbocycles. The van der Waals surface area contributed by atoms with Crippen LogP contribution in [0.25, 0.3) is 0 Å². The third kappa shape index (κ3) is 6.02. The third-order valence-corrected chi connectivity index (χ3v) is 4.21. The fourth-order valence-electron chi connectivity index (χ4n) is 2.89. The summed E-state index contributed by atoms with van der Waals surface area (Å²) in [5, 5.41) is 3.04. The molecule has 1 aromatic carbocycles. The van der Waals surface area contributed by atoms with Crippen LogP contribution in [0.1, 0.15) is 37.7 Å². The maximum atomic E-state index is 12.3. The lowest BCUT2D eigenvalue weighted by Gasteiger charge is -2.17. The fraction of sp³-hybridized carbons (Fsp3) is 0.556. The summed E-state index contributed by atoms with van der Waals surface area (Å²) in [5.74, 6) is 0.222. The molecule has 1 unspecified atom stereocenters. The molecule has 1 fully saturated rings. The van der Waals surface area contributed by atoms with Gasteiger partial charge < -0.3 is 16.0 Å². The van der Waals surface area contributed by atoms with Crippen molar-refractivity contribution in [1.82, 2.24) is 10.2 Å². The van der Waals surface area contributed by atoms with Gasteiger partial charge in [0.2, 0.25) is 11.8 Å². The first-order valence-electron chi connectivity index (χ1n) is 8.50. The second kappa shape index (κ2) is 9.30. The van der Waals surface area contributed by atoms with Gasteiger partial charge in [-0.1, -0.05) is 36.8 Å². The van der Waals surface area contributed by atoms with E-state index in [1.807, 2.05) is 35.2 Å². The molecule has 1 aliphatic rings. The normalized spacial score (nSPS) is 17.3. The monoisotopic (exact) mass is 317 g/mol. The van der Waals surface area contributed by atoms with E-state index >= 15 is 0 Å². The number of nitrogens with one attached hydrogen (secondary N) is 1. The fourth-order valence-corrected chi connectivity index (χ4v) is 2.89. The molecule has 1 aliphatic heterocycles. The molecule has 1 aromatic rings. The third-order valence-electron chi connectivity index (χ3n) is 4.21. The largest absolute Gasteiger partial charge is 0.352 e. The Balaban J connectivity index is 1.69. The number of hydrogen-bond donors (Lipinski definition) is 2. The van der Waals surface area contributed by atoms with Crippen LogP contribution in [0, 0.1) is 0 Å². The summed E-state index contributed by atoms with van der Waals surface area (Å²) < 4.78 is 0. The predicted octanol–water partition coefficient (Wildman–Crippen LogP) is 1.47. The van der Waals surface area contributed by atoms with Gasteiger partial charge in [-0.2, -0.15) is 0 Å². The van der Waals surface area contributed by atoms with Crippen molar-refractivity contribution in [1.29, 1.82) is 0 Å². The van der Waals surface area contributed by atoms with E-state index in [9.17, 15) is 9.59 Å². The van der Waals surface area contributed by atoms with Crippen LogP contribution in [0.4, 0.5) is 0 Å². The predicted molar refractivity (Wildman–Crippen MR) is 90.8 cm³/mol. The molecule has 1 saturated heterocycles. The van der Waals surface area contributed by atoms with Crippen LogP contribution < -0.4 is 11.1 Å². The minimum atomic E-state index is 0.0874. The van der Waals surface area contributed by atoms with E-state index in [4.69, 9.17) is 5.73 Å². The Labute approximate surface area is 138 Å². The summed E-state index contributed by atoms with van der Waals surface area (Å²) in [4.78, 5) is 26.0. The number of carbonyl (C=O) groups is 2. The van der Waals surface area contributed by atoms with E-state index in [1.54, 1.807) is 0 Å². The SMILES string of the molecule is NCCCCCC(=O)NC1CCN(C(=O)Cc2ccccc2)C1. The van der Waals surface area contributed by atoms with Crippen molar-refractivity contribution in [2.75, 3.05) is 19.6 Å². The first-order chi connectivity index (χ1) is 11.2. The van der Waals surface area contributed by atoms with Gasteiger partial charge in [-0.05, 0) is 31.4 Å². The molecule has 0 spiro atoms. The lowest BCUT2D eigenvalue weighted by atomic mass is 10.1. The Morgan fingerprint density at radius 2 is 1.96 bits per heavy atom. The Morgan fingerprint density at radius 3 is 2.70 bits per heavy atom. The van der Waals surface area contributed by atoms with Gasteiger partial charge in [-0.3, -0.25) is 9.59 Å². The zero-order valence-electron chi connectivity index (χ0n) is 13.7. The first-order valence-corrected chi connectivity index (χ1v) is 8.50.